The molecule has 6 heteroatoms. The number of carboxylic acid groups (broad SMARTS) is 1. The molecule has 0 amide bonds. The lowest BCUT2D eigenvalue weighted by atomic mass is 9.78. The lowest BCUT2D eigenvalue weighted by molar-refractivity contribution is -0.145. The number of para-hydroxylation sites is 1. The first-order valence-corrected chi connectivity index (χ1v) is 9.49. The van der Waals surface area contributed by atoms with E-state index in [1.165, 1.54) is 6.08 Å². The minimum absolute atomic E-state index is 0.000878. The molecule has 1 N–H and O–H groups in total. The second-order valence-electron chi connectivity index (χ2n) is 7.38. The highest BCUT2D eigenvalue weighted by molar-refractivity contribution is 6.55. The van der Waals surface area contributed by atoms with Crippen LogP contribution in [0.1, 0.15) is 25.3 Å². The van der Waals surface area contributed by atoms with Crippen molar-refractivity contribution in [1.82, 2.24) is 0 Å². The van der Waals surface area contributed by atoms with Crippen LogP contribution in [0.3, 0.4) is 0 Å². The van der Waals surface area contributed by atoms with Crippen LogP contribution in [0.2, 0.25) is 0 Å². The fourth-order valence-electron chi connectivity index (χ4n) is 4.21. The molecular formula is C22H19Cl2NO3. The molecule has 28 heavy (non-hydrogen) atoms. The van der Waals surface area contributed by atoms with Crippen molar-refractivity contribution in [2.45, 2.75) is 19.8 Å². The van der Waals surface area contributed by atoms with E-state index in [2.05, 4.69) is 6.07 Å². The quantitative estimate of drug-likeness (QED) is 0.615. The van der Waals surface area contributed by atoms with Crippen molar-refractivity contribution in [3.05, 3.63) is 70.7 Å². The van der Waals surface area contributed by atoms with Gasteiger partial charge in [0.1, 0.15) is 21.4 Å². The van der Waals surface area contributed by atoms with Gasteiger partial charge in [-0.25, -0.2) is 0 Å². The molecule has 1 saturated carbocycles. The normalized spacial score (nSPS) is 23.2. The minimum atomic E-state index is -1.33. The molecule has 2 aromatic rings. The molecule has 1 aliphatic rings. The topological polar surface area (TPSA) is 70.3 Å². The van der Waals surface area contributed by atoms with Gasteiger partial charge < -0.3 is 9.84 Å². The molecule has 0 heterocycles. The van der Waals surface area contributed by atoms with Crippen molar-refractivity contribution in [2.24, 2.45) is 16.7 Å². The average Bonchev–Trinajstić information content (AvgIpc) is 3.12. The van der Waals surface area contributed by atoms with Crippen LogP contribution in [0.15, 0.2) is 65.2 Å². The Morgan fingerprint density at radius 1 is 1.18 bits per heavy atom. The molecule has 0 radical (unpaired) electrons. The summed E-state index contributed by atoms with van der Waals surface area (Å²) in [5.41, 5.74) is -1.44. The number of carbonyl (C=O) groups is 1. The fourth-order valence-corrected chi connectivity index (χ4v) is 4.46. The highest BCUT2D eigenvalue weighted by Crippen LogP contribution is 2.75. The van der Waals surface area contributed by atoms with E-state index in [0.29, 0.717) is 17.1 Å². The van der Waals surface area contributed by atoms with Gasteiger partial charge in [-0.15, -0.1) is 0 Å². The molecule has 2 aromatic carbocycles. The molecule has 0 aliphatic heterocycles. The number of halogens is 2. The van der Waals surface area contributed by atoms with Gasteiger partial charge in [0.25, 0.3) is 0 Å². The SMILES string of the molecule is CC1(C)C(C=C(Cl)Cl)[C@@]1(C(=O)O)C(C#N)c1cccc(Oc2ccccc2)c1. The van der Waals surface area contributed by atoms with Crippen LogP contribution < -0.4 is 4.74 Å². The van der Waals surface area contributed by atoms with Crippen molar-refractivity contribution in [3.63, 3.8) is 0 Å². The Morgan fingerprint density at radius 2 is 1.82 bits per heavy atom. The Hall–Kier alpha value is -2.48. The summed E-state index contributed by atoms with van der Waals surface area (Å²) >= 11 is 11.6. The van der Waals surface area contributed by atoms with Crippen LogP contribution in [0, 0.1) is 28.1 Å². The molecule has 0 aromatic heterocycles. The molecule has 1 fully saturated rings. The van der Waals surface area contributed by atoms with Crippen molar-refractivity contribution >= 4 is 29.2 Å². The van der Waals surface area contributed by atoms with Gasteiger partial charge in [0.05, 0.1) is 12.0 Å². The molecule has 3 atom stereocenters. The van der Waals surface area contributed by atoms with Crippen LogP contribution in [0.4, 0.5) is 0 Å². The van der Waals surface area contributed by atoms with Gasteiger partial charge in [-0.05, 0) is 41.3 Å². The van der Waals surface area contributed by atoms with Gasteiger partial charge in [0.2, 0.25) is 0 Å². The maximum Gasteiger partial charge on any atom is 0.312 e. The number of ether oxygens (including phenoxy) is 1. The van der Waals surface area contributed by atoms with Gasteiger partial charge in [-0.2, -0.15) is 5.26 Å². The van der Waals surface area contributed by atoms with E-state index in [-0.39, 0.29) is 4.49 Å². The van der Waals surface area contributed by atoms with Gasteiger partial charge in [-0.3, -0.25) is 4.79 Å². The molecule has 0 spiro atoms. The number of rotatable bonds is 6. The summed E-state index contributed by atoms with van der Waals surface area (Å²) in [6.45, 7) is 3.63. The molecule has 0 saturated heterocycles. The summed E-state index contributed by atoms with van der Waals surface area (Å²) < 4.78 is 5.84. The molecule has 4 nitrogen and oxygen atoms in total. The first kappa shape index (κ1) is 20.3. The summed E-state index contributed by atoms with van der Waals surface area (Å²) in [4.78, 5) is 12.3. The van der Waals surface area contributed by atoms with Crippen molar-refractivity contribution in [1.29, 1.82) is 5.26 Å². The Kier molecular flexibility index (Phi) is 5.43. The molecule has 2 unspecified atom stereocenters. The Labute approximate surface area is 174 Å². The highest BCUT2D eigenvalue weighted by Gasteiger charge is 2.78. The second-order valence-corrected chi connectivity index (χ2v) is 8.39. The van der Waals surface area contributed by atoms with Gasteiger partial charge in [0.15, 0.2) is 0 Å². The fraction of sp³-hybridized carbons (Fsp3) is 0.273. The van der Waals surface area contributed by atoms with E-state index < -0.39 is 28.6 Å². The van der Waals surface area contributed by atoms with Crippen molar-refractivity contribution < 1.29 is 14.6 Å². The summed E-state index contributed by atoms with van der Waals surface area (Å²) in [5.74, 6) is -1.22. The first-order chi connectivity index (χ1) is 13.2. The van der Waals surface area contributed by atoms with E-state index in [4.69, 9.17) is 27.9 Å². The smallest absolute Gasteiger partial charge is 0.312 e. The monoisotopic (exact) mass is 415 g/mol. The Bertz CT molecular complexity index is 961. The van der Waals surface area contributed by atoms with Crippen LogP contribution in [-0.2, 0) is 4.79 Å². The number of nitriles is 1. The number of allylic oxidation sites excluding steroid dienone is 1. The third-order valence-corrected chi connectivity index (χ3v) is 5.90. The van der Waals surface area contributed by atoms with E-state index >= 15 is 0 Å². The predicted octanol–water partition coefficient (Wildman–Crippen LogP) is 6.13. The van der Waals surface area contributed by atoms with Crippen LogP contribution >= 0.6 is 23.2 Å². The van der Waals surface area contributed by atoms with E-state index in [9.17, 15) is 15.2 Å². The average molecular weight is 416 g/mol. The van der Waals surface area contributed by atoms with Crippen molar-refractivity contribution in [3.8, 4) is 17.6 Å². The second kappa shape index (κ2) is 7.50. The zero-order valence-electron chi connectivity index (χ0n) is 15.4. The summed E-state index contributed by atoms with van der Waals surface area (Å²) in [6, 6.07) is 18.4. The van der Waals surface area contributed by atoms with Gasteiger partial charge in [-0.1, -0.05) is 67.4 Å². The lowest BCUT2D eigenvalue weighted by Crippen LogP contribution is -2.28. The number of carboxylic acids is 1. The van der Waals surface area contributed by atoms with Gasteiger partial charge >= 0.3 is 5.97 Å². The first-order valence-electron chi connectivity index (χ1n) is 8.73. The van der Waals surface area contributed by atoms with Crippen molar-refractivity contribution in [2.75, 3.05) is 0 Å². The standard InChI is InChI=1S/C22H19Cl2NO3/c1-21(2)18(12-19(23)24)22(21,20(26)27)17(13-25)14-7-6-10-16(11-14)28-15-8-4-3-5-9-15/h3-12,17-18H,1-2H3,(H,26,27)/t17?,18?,22-/m1/s1. The number of hydrogen-bond donors (Lipinski definition) is 1. The molecule has 1 aliphatic carbocycles. The van der Waals surface area contributed by atoms with E-state index in [0.717, 1.165) is 0 Å². The Balaban J connectivity index is 2.01. The Morgan fingerprint density at radius 3 is 2.39 bits per heavy atom. The third kappa shape index (κ3) is 3.26. The summed E-state index contributed by atoms with van der Waals surface area (Å²) in [5, 5.41) is 20.0. The highest BCUT2D eigenvalue weighted by atomic mass is 35.5. The van der Waals surface area contributed by atoms with Crippen LogP contribution in [0.25, 0.3) is 0 Å². The van der Waals surface area contributed by atoms with E-state index in [1.54, 1.807) is 24.3 Å². The number of nitrogens with zero attached hydrogens (tertiary/aromatic N) is 1. The van der Waals surface area contributed by atoms with Gasteiger partial charge in [0, 0.05) is 5.92 Å². The maximum absolute atomic E-state index is 12.3. The molecule has 144 valence electrons. The number of hydrogen-bond acceptors (Lipinski definition) is 3. The van der Waals surface area contributed by atoms with Crippen LogP contribution in [0.5, 0.6) is 11.5 Å². The number of benzene rings is 2. The molecule has 0 bridgehead atoms. The lowest BCUT2D eigenvalue weighted by Gasteiger charge is -2.22. The predicted molar refractivity (Wildman–Crippen MR) is 108 cm³/mol. The minimum Gasteiger partial charge on any atom is -0.481 e. The third-order valence-electron chi connectivity index (χ3n) is 5.65. The van der Waals surface area contributed by atoms with Crippen LogP contribution in [-0.4, -0.2) is 11.1 Å². The van der Waals surface area contributed by atoms with E-state index in [1.807, 2.05) is 44.2 Å². The number of aliphatic carboxylic acids is 1. The summed E-state index contributed by atoms with van der Waals surface area (Å²) in [7, 11) is 0. The largest absolute Gasteiger partial charge is 0.481 e. The zero-order chi connectivity index (χ0) is 20.5. The maximum atomic E-state index is 12.3. The molecule has 3 rings (SSSR count). The molecular weight excluding hydrogens is 397 g/mol. The summed E-state index contributed by atoms with van der Waals surface area (Å²) in [6.07, 6.45) is 1.52. The zero-order valence-corrected chi connectivity index (χ0v) is 16.9.